The molecule has 22 heavy (non-hydrogen) atoms. The van der Waals surface area contributed by atoms with E-state index in [1.165, 1.54) is 11.9 Å². The number of carbonyl (C=O) groups is 1. The van der Waals surface area contributed by atoms with E-state index in [4.69, 9.17) is 0 Å². The molecule has 0 spiro atoms. The van der Waals surface area contributed by atoms with Crippen molar-refractivity contribution < 1.29 is 4.79 Å². The van der Waals surface area contributed by atoms with Gasteiger partial charge < -0.3 is 10.6 Å². The van der Waals surface area contributed by atoms with Crippen LogP contribution in [0.25, 0.3) is 0 Å². The average Bonchev–Trinajstić information content (AvgIpc) is 2.47. The molecule has 0 aliphatic carbocycles. The second-order valence-electron chi connectivity index (χ2n) is 6.15. The summed E-state index contributed by atoms with van der Waals surface area (Å²) in [6, 6.07) is 11.7. The zero-order valence-electron chi connectivity index (χ0n) is 13.3. The van der Waals surface area contributed by atoms with Crippen LogP contribution < -0.4 is 10.6 Å². The van der Waals surface area contributed by atoms with Crippen LogP contribution in [0.3, 0.4) is 0 Å². The Morgan fingerprint density at radius 1 is 1.14 bits per heavy atom. The molecule has 0 aliphatic rings. The van der Waals surface area contributed by atoms with Crippen molar-refractivity contribution in [2.75, 3.05) is 11.9 Å². The average molecular weight is 298 g/mol. The summed E-state index contributed by atoms with van der Waals surface area (Å²) in [5, 5.41) is 6.11. The fourth-order valence-electron chi connectivity index (χ4n) is 1.99. The second-order valence-corrected chi connectivity index (χ2v) is 6.15. The SMILES string of the molecule is CC(C)(C)Nc1cc(C(=O)NCCc2ccccc2)ncn1. The van der Waals surface area contributed by atoms with Gasteiger partial charge in [0.2, 0.25) is 0 Å². The number of nitrogens with one attached hydrogen (secondary N) is 2. The van der Waals surface area contributed by atoms with Gasteiger partial charge in [0.25, 0.3) is 5.91 Å². The first kappa shape index (κ1) is 15.9. The zero-order valence-corrected chi connectivity index (χ0v) is 13.3. The first-order chi connectivity index (χ1) is 10.4. The molecule has 0 aliphatic heterocycles. The molecule has 5 nitrogen and oxygen atoms in total. The first-order valence-corrected chi connectivity index (χ1v) is 7.36. The Balaban J connectivity index is 1.91. The minimum atomic E-state index is -0.185. The Morgan fingerprint density at radius 3 is 2.55 bits per heavy atom. The van der Waals surface area contributed by atoms with Crippen molar-refractivity contribution in [2.24, 2.45) is 0 Å². The lowest BCUT2D eigenvalue weighted by Crippen LogP contribution is -2.29. The molecule has 2 aromatic rings. The first-order valence-electron chi connectivity index (χ1n) is 7.36. The summed E-state index contributed by atoms with van der Waals surface area (Å²) in [5.74, 6) is 0.464. The maximum atomic E-state index is 12.1. The van der Waals surface area contributed by atoms with Crippen LogP contribution in [-0.2, 0) is 6.42 Å². The van der Waals surface area contributed by atoms with Crippen LogP contribution >= 0.6 is 0 Å². The zero-order chi connectivity index (χ0) is 16.0. The lowest BCUT2D eigenvalue weighted by molar-refractivity contribution is 0.0949. The Kier molecular flexibility index (Phi) is 5.09. The smallest absolute Gasteiger partial charge is 0.270 e. The molecule has 116 valence electrons. The van der Waals surface area contributed by atoms with Gasteiger partial charge in [-0.05, 0) is 32.8 Å². The summed E-state index contributed by atoms with van der Waals surface area (Å²) in [7, 11) is 0. The third-order valence-corrected chi connectivity index (χ3v) is 2.94. The number of anilines is 1. The third kappa shape index (κ3) is 5.16. The molecule has 0 radical (unpaired) electrons. The molecule has 0 saturated carbocycles. The van der Waals surface area contributed by atoms with Crippen LogP contribution in [0.2, 0.25) is 0 Å². The van der Waals surface area contributed by atoms with E-state index < -0.39 is 0 Å². The molecule has 5 heteroatoms. The van der Waals surface area contributed by atoms with Gasteiger partial charge in [-0.3, -0.25) is 4.79 Å². The van der Waals surface area contributed by atoms with Crippen LogP contribution in [0.1, 0.15) is 36.8 Å². The molecule has 0 fully saturated rings. The summed E-state index contributed by atoms with van der Waals surface area (Å²) in [6.45, 7) is 6.69. The Morgan fingerprint density at radius 2 is 1.86 bits per heavy atom. The van der Waals surface area contributed by atoms with Gasteiger partial charge in [0.15, 0.2) is 0 Å². The quantitative estimate of drug-likeness (QED) is 0.890. The normalized spacial score (nSPS) is 11.0. The van der Waals surface area contributed by atoms with E-state index >= 15 is 0 Å². The number of amides is 1. The van der Waals surface area contributed by atoms with Crippen LogP contribution in [0.5, 0.6) is 0 Å². The third-order valence-electron chi connectivity index (χ3n) is 2.94. The van der Waals surface area contributed by atoms with Crippen molar-refractivity contribution in [3.8, 4) is 0 Å². The second kappa shape index (κ2) is 7.02. The molecule has 0 atom stereocenters. The van der Waals surface area contributed by atoms with E-state index in [-0.39, 0.29) is 11.4 Å². The number of nitrogens with zero attached hydrogens (tertiary/aromatic N) is 2. The van der Waals surface area contributed by atoms with E-state index in [9.17, 15) is 4.79 Å². The van der Waals surface area contributed by atoms with Gasteiger partial charge in [-0.15, -0.1) is 0 Å². The molecule has 0 unspecified atom stereocenters. The molecule has 2 rings (SSSR count). The lowest BCUT2D eigenvalue weighted by Gasteiger charge is -2.21. The van der Waals surface area contributed by atoms with Crippen LogP contribution in [0.15, 0.2) is 42.7 Å². The Hall–Kier alpha value is -2.43. The highest BCUT2D eigenvalue weighted by atomic mass is 16.1. The summed E-state index contributed by atoms with van der Waals surface area (Å²) >= 11 is 0. The highest BCUT2D eigenvalue weighted by Crippen LogP contribution is 2.11. The van der Waals surface area contributed by atoms with Crippen molar-refractivity contribution in [1.82, 2.24) is 15.3 Å². The summed E-state index contributed by atoms with van der Waals surface area (Å²) in [6.07, 6.45) is 2.20. The van der Waals surface area contributed by atoms with E-state index in [1.807, 2.05) is 51.1 Å². The van der Waals surface area contributed by atoms with Crippen molar-refractivity contribution in [1.29, 1.82) is 0 Å². The molecule has 1 heterocycles. The van der Waals surface area contributed by atoms with Gasteiger partial charge in [-0.2, -0.15) is 0 Å². The molecule has 1 amide bonds. The van der Waals surface area contributed by atoms with Crippen LogP contribution in [-0.4, -0.2) is 28.0 Å². The highest BCUT2D eigenvalue weighted by Gasteiger charge is 2.13. The standard InChI is InChI=1S/C17H22N4O/c1-17(2,3)21-15-11-14(19-12-20-15)16(22)18-10-9-13-7-5-4-6-8-13/h4-8,11-12H,9-10H2,1-3H3,(H,18,22)(H,19,20,21). The number of benzene rings is 1. The van der Waals surface area contributed by atoms with Gasteiger partial charge in [0.1, 0.15) is 17.8 Å². The summed E-state index contributed by atoms with van der Waals surface area (Å²) in [4.78, 5) is 20.3. The van der Waals surface area contributed by atoms with E-state index in [2.05, 4.69) is 20.6 Å². The molecular weight excluding hydrogens is 276 g/mol. The van der Waals surface area contributed by atoms with Crippen molar-refractivity contribution in [3.05, 3.63) is 54.0 Å². The summed E-state index contributed by atoms with van der Waals surface area (Å²) < 4.78 is 0. The lowest BCUT2D eigenvalue weighted by atomic mass is 10.1. The van der Waals surface area contributed by atoms with Gasteiger partial charge in [-0.25, -0.2) is 9.97 Å². The fourth-order valence-corrected chi connectivity index (χ4v) is 1.99. The van der Waals surface area contributed by atoms with Crippen molar-refractivity contribution >= 4 is 11.7 Å². The molecule has 1 aromatic carbocycles. The van der Waals surface area contributed by atoms with Gasteiger partial charge in [-0.1, -0.05) is 30.3 Å². The Bertz CT molecular complexity index is 620. The van der Waals surface area contributed by atoms with Gasteiger partial charge in [0, 0.05) is 18.2 Å². The number of aromatic nitrogens is 2. The molecule has 0 saturated heterocycles. The number of hydrogen-bond acceptors (Lipinski definition) is 4. The Labute approximate surface area is 131 Å². The van der Waals surface area contributed by atoms with E-state index in [0.29, 0.717) is 18.1 Å². The van der Waals surface area contributed by atoms with Crippen molar-refractivity contribution in [2.45, 2.75) is 32.7 Å². The molecule has 0 bridgehead atoms. The molecular formula is C17H22N4O. The predicted octanol–water partition coefficient (Wildman–Crippen LogP) is 2.66. The van der Waals surface area contributed by atoms with E-state index in [1.54, 1.807) is 6.07 Å². The van der Waals surface area contributed by atoms with Crippen LogP contribution in [0.4, 0.5) is 5.82 Å². The highest BCUT2D eigenvalue weighted by molar-refractivity contribution is 5.92. The number of carbonyl (C=O) groups excluding carboxylic acids is 1. The minimum absolute atomic E-state index is 0.116. The maximum absolute atomic E-state index is 12.1. The topological polar surface area (TPSA) is 66.9 Å². The monoisotopic (exact) mass is 298 g/mol. The number of rotatable bonds is 5. The maximum Gasteiger partial charge on any atom is 0.270 e. The molecule has 2 N–H and O–H groups in total. The summed E-state index contributed by atoms with van der Waals surface area (Å²) in [5.41, 5.74) is 1.45. The van der Waals surface area contributed by atoms with Gasteiger partial charge in [0.05, 0.1) is 0 Å². The largest absolute Gasteiger partial charge is 0.365 e. The number of hydrogen-bond donors (Lipinski definition) is 2. The van der Waals surface area contributed by atoms with E-state index in [0.717, 1.165) is 6.42 Å². The van der Waals surface area contributed by atoms with Crippen molar-refractivity contribution in [3.63, 3.8) is 0 Å². The molecule has 1 aromatic heterocycles. The fraction of sp³-hybridized carbons (Fsp3) is 0.353. The minimum Gasteiger partial charge on any atom is -0.365 e. The van der Waals surface area contributed by atoms with Gasteiger partial charge >= 0.3 is 0 Å². The predicted molar refractivity (Wildman–Crippen MR) is 87.9 cm³/mol. The van der Waals surface area contributed by atoms with Crippen LogP contribution in [0, 0.1) is 0 Å².